The minimum absolute atomic E-state index is 0.0843. The maximum absolute atomic E-state index is 15.6. The SMILES string of the molecule is O=C(OCC1c2ccccc2-c2ccccc21)N1C[C@]2(F)CCCC[C@]2(C(=O)O)C1. The number of likely N-dealkylation sites (tertiary alicyclic amines) is 1. The molecule has 2 fully saturated rings. The highest BCUT2D eigenvalue weighted by Gasteiger charge is 2.65. The predicted molar refractivity (Wildman–Crippen MR) is 109 cm³/mol. The van der Waals surface area contributed by atoms with E-state index in [0.717, 1.165) is 22.3 Å². The molecule has 3 aliphatic rings. The fraction of sp³-hybridized carbons (Fsp3) is 0.417. The number of rotatable bonds is 3. The van der Waals surface area contributed by atoms with E-state index in [1.165, 1.54) is 4.90 Å². The molecule has 30 heavy (non-hydrogen) atoms. The van der Waals surface area contributed by atoms with Crippen LogP contribution in [0.1, 0.15) is 42.7 Å². The third kappa shape index (κ3) is 2.66. The third-order valence-corrected chi connectivity index (χ3v) is 7.19. The summed E-state index contributed by atoms with van der Waals surface area (Å²) >= 11 is 0. The fourth-order valence-corrected chi connectivity index (χ4v) is 5.61. The lowest BCUT2D eigenvalue weighted by Gasteiger charge is -2.39. The number of carboxylic acids is 1. The average molecular weight is 409 g/mol. The van der Waals surface area contributed by atoms with Crippen molar-refractivity contribution in [2.75, 3.05) is 19.7 Å². The van der Waals surface area contributed by atoms with Gasteiger partial charge in [-0.3, -0.25) is 4.79 Å². The average Bonchev–Trinajstić information content (AvgIpc) is 3.25. The van der Waals surface area contributed by atoms with Gasteiger partial charge in [-0.05, 0) is 35.1 Å². The molecular weight excluding hydrogens is 385 g/mol. The number of carboxylic acid groups (broad SMARTS) is 1. The lowest BCUT2D eigenvalue weighted by molar-refractivity contribution is -0.159. The van der Waals surface area contributed by atoms with Gasteiger partial charge in [0.1, 0.15) is 17.7 Å². The number of hydrogen-bond acceptors (Lipinski definition) is 3. The molecule has 1 heterocycles. The Hall–Kier alpha value is -2.89. The van der Waals surface area contributed by atoms with Crippen molar-refractivity contribution in [2.45, 2.75) is 37.3 Å². The van der Waals surface area contributed by atoms with Crippen LogP contribution in [0, 0.1) is 5.41 Å². The van der Waals surface area contributed by atoms with Crippen molar-refractivity contribution in [3.8, 4) is 11.1 Å². The van der Waals surface area contributed by atoms with Gasteiger partial charge < -0.3 is 14.7 Å². The second-order valence-corrected chi connectivity index (χ2v) is 8.72. The smallest absolute Gasteiger partial charge is 0.409 e. The zero-order chi connectivity index (χ0) is 20.9. The van der Waals surface area contributed by atoms with Crippen LogP contribution in [0.5, 0.6) is 0 Å². The third-order valence-electron chi connectivity index (χ3n) is 7.19. The van der Waals surface area contributed by atoms with Crippen molar-refractivity contribution in [1.29, 1.82) is 0 Å². The van der Waals surface area contributed by atoms with E-state index in [-0.39, 0.29) is 38.5 Å². The summed E-state index contributed by atoms with van der Waals surface area (Å²) in [6.45, 7) is -0.200. The quantitative estimate of drug-likeness (QED) is 0.804. The Morgan fingerprint density at radius 2 is 1.60 bits per heavy atom. The van der Waals surface area contributed by atoms with E-state index in [9.17, 15) is 14.7 Å². The van der Waals surface area contributed by atoms with Crippen molar-refractivity contribution in [3.63, 3.8) is 0 Å². The summed E-state index contributed by atoms with van der Waals surface area (Å²) in [5.41, 5.74) is 1.07. The number of fused-ring (bicyclic) bond motifs is 4. The van der Waals surface area contributed by atoms with E-state index >= 15 is 4.39 Å². The van der Waals surface area contributed by atoms with Gasteiger partial charge in [-0.1, -0.05) is 61.4 Å². The van der Waals surface area contributed by atoms with E-state index in [4.69, 9.17) is 4.74 Å². The summed E-state index contributed by atoms with van der Waals surface area (Å²) in [6, 6.07) is 16.1. The highest BCUT2D eigenvalue weighted by molar-refractivity contribution is 5.81. The maximum atomic E-state index is 15.6. The number of carbonyl (C=O) groups is 2. The van der Waals surface area contributed by atoms with Gasteiger partial charge in [0, 0.05) is 12.5 Å². The number of halogens is 1. The number of ether oxygens (including phenoxy) is 1. The van der Waals surface area contributed by atoms with Crippen LogP contribution < -0.4 is 0 Å². The molecule has 5 rings (SSSR count). The Morgan fingerprint density at radius 1 is 1.00 bits per heavy atom. The standard InChI is InChI=1S/C24H24FNO4/c25-24-12-6-5-11-23(24,21(27)28)14-26(15-24)22(29)30-13-20-18-9-3-1-7-16(18)17-8-2-4-10-19(17)20/h1-4,7-10,20H,5-6,11-15H2,(H,27,28)/t23-,24-/m1/s1. The normalized spacial score (nSPS) is 27.3. The lowest BCUT2D eigenvalue weighted by Crippen LogP contribution is -2.51. The Labute approximate surface area is 174 Å². The molecule has 2 aromatic carbocycles. The van der Waals surface area contributed by atoms with Gasteiger partial charge in [-0.15, -0.1) is 0 Å². The van der Waals surface area contributed by atoms with Gasteiger partial charge in [0.2, 0.25) is 0 Å². The van der Waals surface area contributed by atoms with E-state index in [0.29, 0.717) is 12.8 Å². The number of amides is 1. The van der Waals surface area contributed by atoms with Crippen LogP contribution in [0.3, 0.4) is 0 Å². The second-order valence-electron chi connectivity index (χ2n) is 8.72. The van der Waals surface area contributed by atoms with E-state index in [1.54, 1.807) is 0 Å². The molecule has 2 aliphatic carbocycles. The van der Waals surface area contributed by atoms with Gasteiger partial charge in [0.05, 0.1) is 6.54 Å². The number of benzene rings is 2. The van der Waals surface area contributed by atoms with E-state index in [2.05, 4.69) is 12.1 Å². The molecule has 1 saturated heterocycles. The van der Waals surface area contributed by atoms with Crippen molar-refractivity contribution >= 4 is 12.1 Å². The molecule has 0 unspecified atom stereocenters. The Bertz CT molecular complexity index is 978. The largest absolute Gasteiger partial charge is 0.481 e. The van der Waals surface area contributed by atoms with Crippen LogP contribution in [-0.4, -0.2) is 47.4 Å². The molecule has 5 nitrogen and oxygen atoms in total. The first-order valence-electron chi connectivity index (χ1n) is 10.5. The summed E-state index contributed by atoms with van der Waals surface area (Å²) in [5.74, 6) is -1.24. The van der Waals surface area contributed by atoms with Gasteiger partial charge in [-0.25, -0.2) is 9.18 Å². The van der Waals surface area contributed by atoms with Gasteiger partial charge in [-0.2, -0.15) is 0 Å². The zero-order valence-electron chi connectivity index (χ0n) is 16.6. The number of hydrogen-bond donors (Lipinski definition) is 1. The maximum Gasteiger partial charge on any atom is 0.409 e. The molecule has 0 aromatic heterocycles. The summed E-state index contributed by atoms with van der Waals surface area (Å²) in [5, 5.41) is 9.77. The Balaban J connectivity index is 1.35. The van der Waals surface area contributed by atoms with Crippen molar-refractivity contribution in [1.82, 2.24) is 4.90 Å². The van der Waals surface area contributed by atoms with Gasteiger partial charge >= 0.3 is 12.1 Å². The molecule has 0 radical (unpaired) electrons. The van der Waals surface area contributed by atoms with E-state index < -0.39 is 23.1 Å². The van der Waals surface area contributed by atoms with Gasteiger partial charge in [0.25, 0.3) is 0 Å². The molecule has 156 valence electrons. The molecule has 0 bridgehead atoms. The van der Waals surface area contributed by atoms with Crippen molar-refractivity contribution in [3.05, 3.63) is 59.7 Å². The van der Waals surface area contributed by atoms with E-state index in [1.807, 2.05) is 36.4 Å². The van der Waals surface area contributed by atoms with Crippen LogP contribution >= 0.6 is 0 Å². The molecule has 1 amide bonds. The monoisotopic (exact) mass is 409 g/mol. The first kappa shape index (κ1) is 19.1. The molecule has 1 N–H and O–H groups in total. The minimum Gasteiger partial charge on any atom is -0.481 e. The molecule has 2 aromatic rings. The van der Waals surface area contributed by atoms with Crippen LogP contribution in [0.4, 0.5) is 9.18 Å². The van der Waals surface area contributed by atoms with Crippen LogP contribution in [-0.2, 0) is 9.53 Å². The number of carbonyl (C=O) groups excluding carboxylic acids is 1. The van der Waals surface area contributed by atoms with Gasteiger partial charge in [0.15, 0.2) is 0 Å². The minimum atomic E-state index is -1.89. The fourth-order valence-electron chi connectivity index (χ4n) is 5.61. The molecule has 0 spiro atoms. The number of nitrogens with zero attached hydrogens (tertiary/aromatic N) is 1. The highest BCUT2D eigenvalue weighted by Crippen LogP contribution is 2.52. The van der Waals surface area contributed by atoms with Crippen molar-refractivity contribution in [2.24, 2.45) is 5.41 Å². The van der Waals surface area contributed by atoms with Crippen LogP contribution in [0.15, 0.2) is 48.5 Å². The topological polar surface area (TPSA) is 66.8 Å². The molecular formula is C24H24FNO4. The van der Waals surface area contributed by atoms with Crippen LogP contribution in [0.2, 0.25) is 0 Å². The first-order valence-corrected chi connectivity index (χ1v) is 10.5. The summed E-state index contributed by atoms with van der Waals surface area (Å²) in [6.07, 6.45) is 1.10. The summed E-state index contributed by atoms with van der Waals surface area (Å²) < 4.78 is 21.2. The lowest BCUT2D eigenvalue weighted by atomic mass is 9.66. The Kier molecular flexibility index (Phi) is 4.34. The second kappa shape index (κ2) is 6.83. The predicted octanol–water partition coefficient (Wildman–Crippen LogP) is 4.60. The molecule has 1 saturated carbocycles. The van der Waals surface area contributed by atoms with Crippen LogP contribution in [0.25, 0.3) is 11.1 Å². The highest BCUT2D eigenvalue weighted by atomic mass is 19.1. The molecule has 1 aliphatic heterocycles. The van der Waals surface area contributed by atoms with Crippen molar-refractivity contribution < 1.29 is 23.8 Å². The summed E-state index contributed by atoms with van der Waals surface area (Å²) in [4.78, 5) is 26.0. The zero-order valence-corrected chi connectivity index (χ0v) is 16.6. The Morgan fingerprint density at radius 3 is 2.20 bits per heavy atom. The number of aliphatic carboxylic acids is 1. The summed E-state index contributed by atoms with van der Waals surface area (Å²) in [7, 11) is 0. The molecule has 2 atom stereocenters. The number of alkyl halides is 1. The first-order chi connectivity index (χ1) is 14.5. The molecule has 6 heteroatoms.